The molecule has 56 heavy (non-hydrogen) atoms. The molecule has 0 bridgehead atoms. The molecule has 1 aromatic rings. The van der Waals surface area contributed by atoms with Crippen molar-refractivity contribution in [1.29, 1.82) is 0 Å². The number of aliphatic hydroxyl groups is 1. The smallest absolute Gasteiger partial charge is 0.477 e. The topological polar surface area (TPSA) is 181 Å². The van der Waals surface area contributed by atoms with Crippen molar-refractivity contribution in [2.45, 2.75) is 136 Å². The SMILES string of the molecule is CCNCC(C)[C@@H]1CC[C@@H](C)[C@@]2(O)[C@@H]1C=C(C)[C@H](OC(C)=O)[C@@H]2[C@]1(C(=O)O)C[C@@]2(OC(=O)OC(C)(C)C)c3cccc(Cl)c3N(C)O[C@H]2[N+]1(C(=O)O)C(C)(C)C. The van der Waals surface area contributed by atoms with Crippen molar-refractivity contribution >= 4 is 41.5 Å². The number of hydroxylamine groups is 1. The molecule has 1 saturated carbocycles. The maximum Gasteiger partial charge on any atom is 0.517 e. The third-order valence-corrected chi connectivity index (χ3v) is 13.3. The number of likely N-dealkylation sites (tertiary alicyclic amines) is 1. The lowest BCUT2D eigenvalue weighted by Gasteiger charge is -2.63. The van der Waals surface area contributed by atoms with Crippen LogP contribution in [-0.4, -0.2) is 98.7 Å². The third kappa shape index (κ3) is 6.38. The van der Waals surface area contributed by atoms with Crippen LogP contribution in [-0.2, 0) is 34.2 Å². The van der Waals surface area contributed by atoms with Gasteiger partial charge < -0.3 is 34.8 Å². The molecule has 2 aliphatic carbocycles. The molecular formula is C41H61ClN3O11+. The molecule has 11 atom stereocenters. The van der Waals surface area contributed by atoms with Gasteiger partial charge >= 0.3 is 24.2 Å². The number of aliphatic carboxylic acids is 1. The van der Waals surface area contributed by atoms with Crippen LogP contribution >= 0.6 is 11.6 Å². The number of hydrogen-bond donors (Lipinski definition) is 4. The largest absolute Gasteiger partial charge is 0.517 e. The second kappa shape index (κ2) is 14.7. The standard InChI is InChI=1S/C41H60ClN3O11/c1-13-43-20-23(3)26-18-17-24(4)41(52)28(26)19-22(2)31(53-25(5)46)32(41)39(34(47)48)21-40(55-36(51)54-38(9,10)11)27-15-14-16-29(42)30(27)44(12)56-33(40)45(39,35(49)50)37(6,7)8/h14-16,19,23-24,26,28,31-33,43,52H,13,17-18,20-21H2,1-12H3,(H-,47,48,49,50)/p+1/t23?,24-,26+,28-,31+,32-,33-,39+,40-,41-,45?/m1/s1. The fraction of sp³-hybridized carbons (Fsp3) is 0.707. The van der Waals surface area contributed by atoms with E-state index in [4.69, 9.17) is 30.6 Å². The van der Waals surface area contributed by atoms with E-state index in [1.165, 1.54) is 19.0 Å². The van der Waals surface area contributed by atoms with Crippen molar-refractivity contribution in [2.24, 2.45) is 29.6 Å². The maximum absolute atomic E-state index is 15.0. The maximum atomic E-state index is 15.0. The van der Waals surface area contributed by atoms with Gasteiger partial charge in [-0.1, -0.05) is 50.6 Å². The Hall–Kier alpha value is -3.43. The van der Waals surface area contributed by atoms with Gasteiger partial charge in [-0.05, 0) is 104 Å². The van der Waals surface area contributed by atoms with E-state index >= 15 is 4.79 Å². The van der Waals surface area contributed by atoms with Crippen LogP contribution in [0, 0.1) is 29.6 Å². The van der Waals surface area contributed by atoms with E-state index < -0.39 is 93.1 Å². The number of halogens is 1. The zero-order valence-electron chi connectivity index (χ0n) is 34.8. The summed E-state index contributed by atoms with van der Waals surface area (Å²) in [6.07, 6.45) is -3.70. The first-order chi connectivity index (χ1) is 25.8. The Morgan fingerprint density at radius 1 is 1.12 bits per heavy atom. The quantitative estimate of drug-likeness (QED) is 0.122. The van der Waals surface area contributed by atoms with E-state index in [2.05, 4.69) is 12.2 Å². The Morgan fingerprint density at radius 2 is 1.77 bits per heavy atom. The van der Waals surface area contributed by atoms with Crippen LogP contribution in [0.3, 0.4) is 0 Å². The van der Waals surface area contributed by atoms with Crippen LogP contribution in [0.1, 0.15) is 101 Å². The molecule has 15 heteroatoms. The van der Waals surface area contributed by atoms with Gasteiger partial charge in [0.05, 0.1) is 28.6 Å². The van der Waals surface area contributed by atoms with Gasteiger partial charge in [0.2, 0.25) is 11.1 Å². The number of quaternary nitrogens is 1. The van der Waals surface area contributed by atoms with E-state index in [0.29, 0.717) is 25.0 Å². The highest BCUT2D eigenvalue weighted by Crippen LogP contribution is 2.69. The first-order valence-corrected chi connectivity index (χ1v) is 19.9. The number of carboxylic acids is 1. The molecule has 1 saturated heterocycles. The highest BCUT2D eigenvalue weighted by molar-refractivity contribution is 6.33. The summed E-state index contributed by atoms with van der Waals surface area (Å²) in [6.45, 7) is 19.8. The van der Waals surface area contributed by atoms with Crippen molar-refractivity contribution in [3.8, 4) is 0 Å². The van der Waals surface area contributed by atoms with E-state index in [1.54, 1.807) is 66.7 Å². The summed E-state index contributed by atoms with van der Waals surface area (Å²) in [7, 11) is 1.51. The minimum absolute atomic E-state index is 0.00932. The summed E-state index contributed by atoms with van der Waals surface area (Å²) in [5.74, 6) is -5.43. The monoisotopic (exact) mass is 806 g/mol. The lowest BCUT2D eigenvalue weighted by molar-refractivity contribution is -0.979. The fourth-order valence-corrected chi connectivity index (χ4v) is 11.3. The molecule has 312 valence electrons. The van der Waals surface area contributed by atoms with Crippen molar-refractivity contribution in [1.82, 2.24) is 5.32 Å². The molecule has 1 aromatic carbocycles. The number of nitrogens with zero attached hydrogens (tertiary/aromatic N) is 2. The van der Waals surface area contributed by atoms with Gasteiger partial charge in [0.15, 0.2) is 0 Å². The summed E-state index contributed by atoms with van der Waals surface area (Å²) in [5.41, 5.74) is -8.59. The number of amides is 1. The molecule has 0 aromatic heterocycles. The molecular weight excluding hydrogens is 746 g/mol. The third-order valence-electron chi connectivity index (χ3n) is 13.0. The van der Waals surface area contributed by atoms with Crippen LogP contribution in [0.25, 0.3) is 0 Å². The van der Waals surface area contributed by atoms with E-state index in [1.807, 2.05) is 19.9 Å². The van der Waals surface area contributed by atoms with Crippen LogP contribution in [0.5, 0.6) is 0 Å². The van der Waals surface area contributed by atoms with E-state index in [0.717, 1.165) is 6.54 Å². The first-order valence-electron chi connectivity index (χ1n) is 19.5. The zero-order valence-corrected chi connectivity index (χ0v) is 35.5. The van der Waals surface area contributed by atoms with Crippen molar-refractivity contribution in [3.63, 3.8) is 0 Å². The minimum atomic E-state index is -2.65. The zero-order chi connectivity index (χ0) is 42.1. The van der Waals surface area contributed by atoms with Crippen molar-refractivity contribution < 1.29 is 58.0 Å². The van der Waals surface area contributed by atoms with E-state index in [-0.39, 0.29) is 28.1 Å². The first kappa shape index (κ1) is 43.7. The molecule has 5 rings (SSSR count). The van der Waals surface area contributed by atoms with Crippen LogP contribution < -0.4 is 10.4 Å². The molecule has 1 amide bonds. The summed E-state index contributed by atoms with van der Waals surface area (Å²) >= 11 is 6.81. The molecule has 2 heterocycles. The highest BCUT2D eigenvalue weighted by Gasteiger charge is 2.90. The number of benzene rings is 1. The number of ether oxygens (including phenoxy) is 3. The lowest BCUT2D eigenvalue weighted by atomic mass is 9.48. The summed E-state index contributed by atoms with van der Waals surface area (Å²) < 4.78 is 16.8. The van der Waals surface area contributed by atoms with Gasteiger partial charge in [0, 0.05) is 25.5 Å². The lowest BCUT2D eigenvalue weighted by Crippen LogP contribution is -2.84. The number of hydrogen-bond acceptors (Lipinski definition) is 11. The predicted molar refractivity (Wildman–Crippen MR) is 208 cm³/mol. The van der Waals surface area contributed by atoms with E-state index in [9.17, 15) is 29.7 Å². The molecule has 2 unspecified atom stereocenters. The van der Waals surface area contributed by atoms with Gasteiger partial charge in [0.1, 0.15) is 17.2 Å². The second-order valence-electron chi connectivity index (χ2n) is 18.4. The van der Waals surface area contributed by atoms with Gasteiger partial charge in [-0.3, -0.25) is 4.79 Å². The Bertz CT molecular complexity index is 1770. The minimum Gasteiger partial charge on any atom is -0.477 e. The molecule has 4 N–H and O–H groups in total. The Kier molecular flexibility index (Phi) is 11.5. The van der Waals surface area contributed by atoms with Crippen LogP contribution in [0.15, 0.2) is 29.8 Å². The number of anilines is 1. The molecule has 0 radical (unpaired) electrons. The number of carbonyl (C=O) groups excluding carboxylic acids is 2. The number of esters is 1. The van der Waals surface area contributed by atoms with Gasteiger partial charge in [-0.25, -0.2) is 19.5 Å². The summed E-state index contributed by atoms with van der Waals surface area (Å²) in [4.78, 5) is 63.6. The van der Waals surface area contributed by atoms with Crippen molar-refractivity contribution in [2.75, 3.05) is 25.2 Å². The second-order valence-corrected chi connectivity index (χ2v) is 18.8. The molecule has 2 aliphatic heterocycles. The molecule has 2 fully saturated rings. The Morgan fingerprint density at radius 3 is 2.30 bits per heavy atom. The van der Waals surface area contributed by atoms with Gasteiger partial charge in [-0.15, -0.1) is 0 Å². The van der Waals surface area contributed by atoms with Gasteiger partial charge in [0.25, 0.3) is 6.23 Å². The highest BCUT2D eigenvalue weighted by atomic mass is 35.5. The number of rotatable bonds is 8. The average molecular weight is 807 g/mol. The Balaban J connectivity index is 1.98. The predicted octanol–water partition coefficient (Wildman–Crippen LogP) is 6.86. The average Bonchev–Trinajstić information content (AvgIpc) is 3.33. The number of para-hydroxylation sites is 1. The fourth-order valence-electron chi connectivity index (χ4n) is 11.0. The number of carboxylic acid groups (broad SMARTS) is 2. The van der Waals surface area contributed by atoms with Crippen LogP contribution in [0.4, 0.5) is 15.3 Å². The molecule has 4 aliphatic rings. The molecule has 0 spiro atoms. The number of fused-ring (bicyclic) bond motifs is 4. The molecule has 14 nitrogen and oxygen atoms in total. The van der Waals surface area contributed by atoms with Crippen molar-refractivity contribution in [3.05, 3.63) is 40.4 Å². The summed E-state index contributed by atoms with van der Waals surface area (Å²) in [5, 5.41) is 42.9. The van der Waals surface area contributed by atoms with Crippen LogP contribution in [0.2, 0.25) is 5.02 Å². The number of carbonyl (C=O) groups is 4. The normalized spacial score (nSPS) is 36.0. The number of nitrogens with one attached hydrogen (secondary N) is 1. The Labute approximate surface area is 335 Å². The summed E-state index contributed by atoms with van der Waals surface area (Å²) in [6, 6.07) is 4.79. The van der Waals surface area contributed by atoms with Gasteiger partial charge in [-0.2, -0.15) is 9.28 Å².